The van der Waals surface area contributed by atoms with Crippen molar-refractivity contribution >= 4 is 11.9 Å². The van der Waals surface area contributed by atoms with Crippen molar-refractivity contribution < 1.29 is 46.1 Å². The molecular formula is C24H31F6N5O4. The van der Waals surface area contributed by atoms with E-state index in [4.69, 9.17) is 19.8 Å². The summed E-state index contributed by atoms with van der Waals surface area (Å²) in [6.45, 7) is 9.67. The van der Waals surface area contributed by atoms with Gasteiger partial charge in [-0.15, -0.1) is 10.2 Å². The van der Waals surface area contributed by atoms with Crippen LogP contribution in [0.25, 0.3) is 0 Å². The highest BCUT2D eigenvalue weighted by molar-refractivity contribution is 5.73. The van der Waals surface area contributed by atoms with Crippen LogP contribution in [0.3, 0.4) is 0 Å². The minimum absolute atomic E-state index is 0.179. The molecule has 1 saturated heterocycles. The van der Waals surface area contributed by atoms with E-state index in [1.165, 1.54) is 24.0 Å². The molecule has 1 aromatic heterocycles. The van der Waals surface area contributed by atoms with E-state index in [0.29, 0.717) is 0 Å². The van der Waals surface area contributed by atoms with Crippen LogP contribution in [0.2, 0.25) is 0 Å². The molecule has 2 aliphatic rings. The number of aromatic nitrogens is 3. The predicted molar refractivity (Wildman–Crippen MR) is 127 cm³/mol. The number of carboxylic acids is 2. The molecule has 0 radical (unpaired) electrons. The first-order chi connectivity index (χ1) is 18.0. The van der Waals surface area contributed by atoms with Crippen molar-refractivity contribution in [1.29, 1.82) is 0 Å². The predicted octanol–water partition coefficient (Wildman–Crippen LogP) is 3.85. The summed E-state index contributed by atoms with van der Waals surface area (Å²) in [5.41, 5.74) is 3.02. The summed E-state index contributed by atoms with van der Waals surface area (Å²) in [5, 5.41) is 23.0. The smallest absolute Gasteiger partial charge is 0.475 e. The Morgan fingerprint density at radius 1 is 0.923 bits per heavy atom. The first-order valence-corrected chi connectivity index (χ1v) is 12.0. The average Bonchev–Trinajstić information content (AvgIpc) is 3.21. The van der Waals surface area contributed by atoms with Gasteiger partial charge >= 0.3 is 24.3 Å². The molecule has 3 heterocycles. The van der Waals surface area contributed by atoms with Crippen molar-refractivity contribution in [1.82, 2.24) is 24.6 Å². The van der Waals surface area contributed by atoms with Gasteiger partial charge in [-0.2, -0.15) is 26.3 Å². The van der Waals surface area contributed by atoms with E-state index in [9.17, 15) is 26.3 Å². The van der Waals surface area contributed by atoms with Gasteiger partial charge in [0.15, 0.2) is 0 Å². The third-order valence-electron chi connectivity index (χ3n) is 6.45. The Morgan fingerprint density at radius 3 is 1.82 bits per heavy atom. The number of likely N-dealkylation sites (tertiary alicyclic amines) is 1. The highest BCUT2D eigenvalue weighted by Crippen LogP contribution is 2.36. The summed E-state index contributed by atoms with van der Waals surface area (Å²) in [7, 11) is 2.21. The largest absolute Gasteiger partial charge is 0.490 e. The van der Waals surface area contributed by atoms with E-state index in [1.807, 2.05) is 0 Å². The molecule has 0 bridgehead atoms. The number of hydrogen-bond acceptors (Lipinski definition) is 6. The van der Waals surface area contributed by atoms with Crippen molar-refractivity contribution in [3.05, 3.63) is 47.0 Å². The molecule has 15 heteroatoms. The topological polar surface area (TPSA) is 112 Å². The Hall–Kier alpha value is -3.20. The van der Waals surface area contributed by atoms with Gasteiger partial charge in [0, 0.05) is 26.2 Å². The number of benzene rings is 1. The molecule has 0 aliphatic carbocycles. The van der Waals surface area contributed by atoms with Gasteiger partial charge < -0.3 is 14.8 Å². The van der Waals surface area contributed by atoms with Crippen LogP contribution in [-0.4, -0.2) is 85.8 Å². The zero-order valence-corrected chi connectivity index (χ0v) is 21.7. The van der Waals surface area contributed by atoms with E-state index < -0.39 is 24.3 Å². The second kappa shape index (κ2) is 12.8. The van der Waals surface area contributed by atoms with Gasteiger partial charge in [0.05, 0.1) is 12.1 Å². The summed E-state index contributed by atoms with van der Waals surface area (Å²) in [6.07, 6.45) is -6.70. The van der Waals surface area contributed by atoms with E-state index in [2.05, 4.69) is 69.7 Å². The maximum atomic E-state index is 10.6. The molecular weight excluding hydrogens is 536 g/mol. The number of hydrogen-bond donors (Lipinski definition) is 2. The number of rotatable bonds is 3. The number of likely N-dealkylation sites (N-methyl/N-ethyl adjacent to an activating group) is 1. The quantitative estimate of drug-likeness (QED) is 0.539. The number of aliphatic carboxylic acids is 2. The van der Waals surface area contributed by atoms with Crippen LogP contribution >= 0.6 is 0 Å². The Bertz CT molecular complexity index is 1090. The molecule has 1 fully saturated rings. The van der Waals surface area contributed by atoms with Crippen LogP contribution in [0.15, 0.2) is 24.3 Å². The number of nitrogens with zero attached hydrogens (tertiary/aromatic N) is 5. The lowest BCUT2D eigenvalue weighted by Gasteiger charge is -2.48. The third kappa shape index (κ3) is 8.92. The highest BCUT2D eigenvalue weighted by atomic mass is 19.4. The lowest BCUT2D eigenvalue weighted by molar-refractivity contribution is -0.193. The number of alkyl halides is 6. The van der Waals surface area contributed by atoms with Gasteiger partial charge in [-0.25, -0.2) is 9.59 Å². The summed E-state index contributed by atoms with van der Waals surface area (Å²) in [6, 6.07) is 9.12. The number of carboxylic acid groups (broad SMARTS) is 2. The lowest BCUT2D eigenvalue weighted by Crippen LogP contribution is -2.55. The molecule has 9 nitrogen and oxygen atoms in total. The fraction of sp³-hybridized carbons (Fsp3) is 0.583. The molecule has 1 spiro atoms. The molecule has 0 amide bonds. The summed E-state index contributed by atoms with van der Waals surface area (Å²) >= 11 is 0. The lowest BCUT2D eigenvalue weighted by atomic mass is 9.84. The summed E-state index contributed by atoms with van der Waals surface area (Å²) in [5.74, 6) is -3.30. The SMILES string of the molecule is CCc1ccc(CN2CCC3(CC2)CN(C)Cc2nnc(C)n23)cc1.O=C(O)C(F)(F)F.O=C(O)C(F)(F)F. The normalized spacial score (nSPS) is 17.4. The molecule has 2 aliphatic heterocycles. The van der Waals surface area contributed by atoms with Crippen LogP contribution in [0.1, 0.15) is 42.5 Å². The van der Waals surface area contributed by atoms with E-state index in [-0.39, 0.29) is 5.54 Å². The van der Waals surface area contributed by atoms with Crippen LogP contribution in [-0.2, 0) is 34.6 Å². The molecule has 2 aromatic rings. The molecule has 2 N–H and O–H groups in total. The second-order valence-corrected chi connectivity index (χ2v) is 9.45. The fourth-order valence-electron chi connectivity index (χ4n) is 4.64. The number of fused-ring (bicyclic) bond motifs is 2. The zero-order chi connectivity index (χ0) is 29.6. The number of carbonyl (C=O) groups is 2. The Kier molecular flexibility index (Phi) is 10.5. The summed E-state index contributed by atoms with van der Waals surface area (Å²) < 4.78 is 65.9. The van der Waals surface area contributed by atoms with Gasteiger partial charge in [0.2, 0.25) is 0 Å². The fourth-order valence-corrected chi connectivity index (χ4v) is 4.64. The van der Waals surface area contributed by atoms with Gasteiger partial charge in [-0.1, -0.05) is 31.2 Å². The Labute approximate surface area is 221 Å². The zero-order valence-electron chi connectivity index (χ0n) is 21.7. The van der Waals surface area contributed by atoms with E-state index >= 15 is 0 Å². The Balaban J connectivity index is 0.000000317. The van der Waals surface area contributed by atoms with Gasteiger partial charge in [-0.05, 0) is 44.4 Å². The van der Waals surface area contributed by atoms with Crippen molar-refractivity contribution in [2.75, 3.05) is 26.7 Å². The average molecular weight is 568 g/mol. The van der Waals surface area contributed by atoms with Crippen molar-refractivity contribution in [2.45, 2.75) is 64.1 Å². The standard InChI is InChI=1S/C20H29N5.2C2HF3O2/c1-4-17-5-7-18(8-6-17)13-24-11-9-20(10-12-24)15-23(3)14-19-22-21-16(2)25(19)20;2*3-2(4,5)1(6)7/h5-8H,4,9-15H2,1-3H3;2*(H,6,7). The highest BCUT2D eigenvalue weighted by Gasteiger charge is 2.42. The van der Waals surface area contributed by atoms with E-state index in [1.54, 1.807) is 0 Å². The molecule has 39 heavy (non-hydrogen) atoms. The maximum absolute atomic E-state index is 10.6. The molecule has 218 valence electrons. The molecule has 0 atom stereocenters. The monoisotopic (exact) mass is 567 g/mol. The number of aryl methyl sites for hydroxylation is 2. The molecule has 4 rings (SSSR count). The van der Waals surface area contributed by atoms with Crippen molar-refractivity contribution in [2.24, 2.45) is 0 Å². The van der Waals surface area contributed by atoms with Crippen LogP contribution in [0.5, 0.6) is 0 Å². The van der Waals surface area contributed by atoms with Gasteiger partial charge in [0.25, 0.3) is 0 Å². The van der Waals surface area contributed by atoms with Crippen LogP contribution < -0.4 is 0 Å². The van der Waals surface area contributed by atoms with Crippen LogP contribution in [0.4, 0.5) is 26.3 Å². The number of piperidine rings is 1. The van der Waals surface area contributed by atoms with Crippen molar-refractivity contribution in [3.8, 4) is 0 Å². The third-order valence-corrected chi connectivity index (χ3v) is 6.45. The minimum Gasteiger partial charge on any atom is -0.475 e. The van der Waals surface area contributed by atoms with E-state index in [0.717, 1.165) is 50.8 Å². The van der Waals surface area contributed by atoms with Crippen LogP contribution in [0, 0.1) is 6.92 Å². The molecule has 1 aromatic carbocycles. The first-order valence-electron chi connectivity index (χ1n) is 12.0. The maximum Gasteiger partial charge on any atom is 0.490 e. The van der Waals surface area contributed by atoms with Crippen molar-refractivity contribution in [3.63, 3.8) is 0 Å². The van der Waals surface area contributed by atoms with Gasteiger partial charge in [0.1, 0.15) is 11.6 Å². The second-order valence-electron chi connectivity index (χ2n) is 9.45. The number of halogens is 6. The first kappa shape index (κ1) is 32.0. The minimum atomic E-state index is -5.08. The molecule has 0 saturated carbocycles. The van der Waals surface area contributed by atoms with Gasteiger partial charge in [-0.3, -0.25) is 9.80 Å². The molecule has 0 unspecified atom stereocenters. The Morgan fingerprint density at radius 2 is 1.38 bits per heavy atom. The summed E-state index contributed by atoms with van der Waals surface area (Å²) in [4.78, 5) is 22.8.